The molecular formula is C31H38F3N5O3S. The van der Waals surface area contributed by atoms with Crippen LogP contribution in [0.1, 0.15) is 31.4 Å². The summed E-state index contributed by atoms with van der Waals surface area (Å²) < 4.78 is 73.2. The maximum absolute atomic E-state index is 13.6. The van der Waals surface area contributed by atoms with Gasteiger partial charge in [-0.1, -0.05) is 12.0 Å². The van der Waals surface area contributed by atoms with E-state index >= 15 is 0 Å². The van der Waals surface area contributed by atoms with Crippen LogP contribution in [0, 0.1) is 11.8 Å². The second kappa shape index (κ2) is 13.2. The molecular weight excluding hydrogens is 579 g/mol. The van der Waals surface area contributed by atoms with Crippen LogP contribution in [0.2, 0.25) is 0 Å². The number of piperidine rings is 1. The molecule has 0 amide bonds. The normalized spacial score (nSPS) is 17.6. The van der Waals surface area contributed by atoms with Crippen molar-refractivity contribution in [1.82, 2.24) is 13.8 Å². The molecule has 8 nitrogen and oxygen atoms in total. The lowest BCUT2D eigenvalue weighted by Crippen LogP contribution is -2.46. The molecule has 2 saturated heterocycles. The highest BCUT2D eigenvalue weighted by atomic mass is 32.2. The molecule has 0 saturated carbocycles. The van der Waals surface area contributed by atoms with Gasteiger partial charge < -0.3 is 24.8 Å². The minimum absolute atomic E-state index is 0.167. The zero-order valence-electron chi connectivity index (χ0n) is 24.5. The fourth-order valence-corrected chi connectivity index (χ4v) is 6.68. The summed E-state index contributed by atoms with van der Waals surface area (Å²) in [5, 5.41) is 7.41. The van der Waals surface area contributed by atoms with Gasteiger partial charge in [0, 0.05) is 69.2 Å². The molecule has 3 heterocycles. The predicted molar refractivity (Wildman–Crippen MR) is 163 cm³/mol. The third-order valence-electron chi connectivity index (χ3n) is 8.11. The van der Waals surface area contributed by atoms with Crippen LogP contribution in [-0.2, 0) is 21.3 Å². The number of likely N-dealkylation sites (tertiary alicyclic amines) is 1. The van der Waals surface area contributed by atoms with E-state index in [0.717, 1.165) is 62.0 Å². The average Bonchev–Trinajstić information content (AvgIpc) is 3.33. The van der Waals surface area contributed by atoms with Crippen LogP contribution in [0.5, 0.6) is 0 Å². The van der Waals surface area contributed by atoms with Gasteiger partial charge in [0.05, 0.1) is 22.7 Å². The molecule has 0 spiro atoms. The van der Waals surface area contributed by atoms with E-state index in [1.165, 1.54) is 30.8 Å². The number of benzene rings is 2. The van der Waals surface area contributed by atoms with Crippen molar-refractivity contribution in [3.63, 3.8) is 0 Å². The fourth-order valence-electron chi connectivity index (χ4n) is 5.78. The van der Waals surface area contributed by atoms with Crippen LogP contribution >= 0.6 is 0 Å². The van der Waals surface area contributed by atoms with E-state index in [9.17, 15) is 21.6 Å². The zero-order valence-corrected chi connectivity index (χ0v) is 25.3. The van der Waals surface area contributed by atoms with Gasteiger partial charge in [-0.05, 0) is 74.1 Å². The molecule has 0 aliphatic carbocycles. The Hall–Kier alpha value is -3.24. The summed E-state index contributed by atoms with van der Waals surface area (Å²) in [4.78, 5) is 2.71. The summed E-state index contributed by atoms with van der Waals surface area (Å²) in [5.74, 6) is 5.85. The molecule has 2 aliphatic heterocycles. The molecule has 232 valence electrons. The Morgan fingerprint density at radius 3 is 2.37 bits per heavy atom. The lowest BCUT2D eigenvalue weighted by molar-refractivity contribution is -0.140. The Morgan fingerprint density at radius 2 is 1.72 bits per heavy atom. The van der Waals surface area contributed by atoms with Gasteiger partial charge in [0.15, 0.2) is 0 Å². The Balaban J connectivity index is 1.29. The third-order valence-corrected chi connectivity index (χ3v) is 9.94. The maximum atomic E-state index is 13.6. The number of aromatic nitrogens is 1. The number of nitrogens with one attached hydrogen (secondary N) is 2. The first kappa shape index (κ1) is 31.2. The number of rotatable bonds is 8. The molecule has 0 bridgehead atoms. The molecule has 5 rings (SSSR count). The van der Waals surface area contributed by atoms with E-state index in [4.69, 9.17) is 4.74 Å². The van der Waals surface area contributed by atoms with Crippen molar-refractivity contribution >= 4 is 32.3 Å². The number of ether oxygens (including phenoxy) is 1. The van der Waals surface area contributed by atoms with Gasteiger partial charge in [-0.3, -0.25) is 0 Å². The summed E-state index contributed by atoms with van der Waals surface area (Å²) in [6, 6.07) is 14.2. The van der Waals surface area contributed by atoms with E-state index in [2.05, 4.69) is 27.4 Å². The van der Waals surface area contributed by atoms with Gasteiger partial charge in [0.1, 0.15) is 6.54 Å². The Kier molecular flexibility index (Phi) is 9.56. The molecule has 12 heteroatoms. The molecule has 2 fully saturated rings. The second-order valence-corrected chi connectivity index (χ2v) is 13.4. The van der Waals surface area contributed by atoms with Crippen LogP contribution in [0.3, 0.4) is 0 Å². The number of sulfonamides is 1. The van der Waals surface area contributed by atoms with Crippen molar-refractivity contribution in [2.24, 2.45) is 0 Å². The summed E-state index contributed by atoms with van der Waals surface area (Å²) >= 11 is 0. The van der Waals surface area contributed by atoms with Crippen molar-refractivity contribution in [3.8, 4) is 11.8 Å². The number of halogens is 3. The van der Waals surface area contributed by atoms with Crippen molar-refractivity contribution in [2.75, 3.05) is 57.6 Å². The lowest BCUT2D eigenvalue weighted by atomic mass is 9.99. The first-order valence-electron chi connectivity index (χ1n) is 14.5. The molecule has 3 aromatic rings. The van der Waals surface area contributed by atoms with Gasteiger partial charge in [-0.2, -0.15) is 13.2 Å². The minimum atomic E-state index is -4.41. The van der Waals surface area contributed by atoms with E-state index in [1.54, 1.807) is 30.3 Å². The van der Waals surface area contributed by atoms with E-state index in [0.29, 0.717) is 22.6 Å². The number of hydrogen-bond acceptors (Lipinski definition) is 6. The van der Waals surface area contributed by atoms with Crippen LogP contribution in [0.15, 0.2) is 53.4 Å². The highest BCUT2D eigenvalue weighted by Gasteiger charge is 2.30. The number of nitrogens with zero attached hydrogens (tertiary/aromatic N) is 3. The van der Waals surface area contributed by atoms with Gasteiger partial charge in [-0.25, -0.2) is 12.7 Å². The Labute approximate surface area is 251 Å². The summed E-state index contributed by atoms with van der Waals surface area (Å²) in [7, 11) is -0.608. The molecule has 2 aromatic carbocycles. The number of alkyl halides is 3. The summed E-state index contributed by atoms with van der Waals surface area (Å²) in [5.41, 5.74) is 2.23. The van der Waals surface area contributed by atoms with E-state index < -0.39 is 22.7 Å². The molecule has 0 radical (unpaired) electrons. The zero-order chi connectivity index (χ0) is 30.6. The topological polar surface area (TPSA) is 78.8 Å². The second-order valence-electron chi connectivity index (χ2n) is 11.2. The smallest absolute Gasteiger partial charge is 0.382 e. The maximum Gasteiger partial charge on any atom is 0.406 e. The van der Waals surface area contributed by atoms with Gasteiger partial charge in [0.25, 0.3) is 0 Å². The minimum Gasteiger partial charge on any atom is -0.382 e. The van der Waals surface area contributed by atoms with Gasteiger partial charge >= 0.3 is 6.18 Å². The molecule has 43 heavy (non-hydrogen) atoms. The summed E-state index contributed by atoms with van der Waals surface area (Å²) in [6.45, 7) is 2.65. The van der Waals surface area contributed by atoms with Gasteiger partial charge in [-0.15, -0.1) is 0 Å². The standard InChI is InChI=1S/C31H38F3N5O3S/c1-37(2)43(40,41)27-10-8-23(9-11-27)35-16-4-5-26-21-28-29(6-3-7-30(28)39(26)22-31(32,33)34)36-24-12-17-38(18-13-24)25-14-19-42-20-15-25/h3,6-11,21,24-25,35-36H,12-20,22H2,1-2H3. The van der Waals surface area contributed by atoms with Crippen molar-refractivity contribution < 1.29 is 26.3 Å². The highest BCUT2D eigenvalue weighted by molar-refractivity contribution is 7.89. The monoisotopic (exact) mass is 617 g/mol. The van der Waals surface area contributed by atoms with Crippen LogP contribution in [0.4, 0.5) is 24.5 Å². The fraction of sp³-hybridized carbons (Fsp3) is 0.484. The SMILES string of the molecule is CN(C)S(=O)(=O)c1ccc(NCC#Cc2cc3c(NC4CCN(C5CCOCC5)CC4)cccc3n2CC(F)(F)F)cc1. The van der Waals surface area contributed by atoms with Gasteiger partial charge in [0.2, 0.25) is 10.0 Å². The molecule has 2 aliphatic rings. The van der Waals surface area contributed by atoms with Crippen LogP contribution in [-0.4, -0.2) is 87.4 Å². The Bertz CT molecular complexity index is 1560. The number of anilines is 2. The molecule has 0 atom stereocenters. The summed E-state index contributed by atoms with van der Waals surface area (Å²) in [6.07, 6.45) is -0.335. The third kappa shape index (κ3) is 7.65. The first-order chi connectivity index (χ1) is 20.5. The van der Waals surface area contributed by atoms with E-state index in [-0.39, 0.29) is 23.2 Å². The molecule has 0 unspecified atom stereocenters. The van der Waals surface area contributed by atoms with E-state index in [1.807, 2.05) is 6.07 Å². The van der Waals surface area contributed by atoms with Crippen molar-refractivity contribution in [2.45, 2.75) is 55.4 Å². The van der Waals surface area contributed by atoms with Crippen molar-refractivity contribution in [1.29, 1.82) is 0 Å². The van der Waals surface area contributed by atoms with Crippen molar-refractivity contribution in [3.05, 3.63) is 54.2 Å². The first-order valence-corrected chi connectivity index (χ1v) is 16.0. The molecule has 2 N–H and O–H groups in total. The van der Waals surface area contributed by atoms with Crippen LogP contribution < -0.4 is 10.6 Å². The lowest BCUT2D eigenvalue weighted by Gasteiger charge is -2.39. The molecule has 1 aromatic heterocycles. The highest BCUT2D eigenvalue weighted by Crippen LogP contribution is 2.32. The van der Waals surface area contributed by atoms with Crippen LogP contribution in [0.25, 0.3) is 10.9 Å². The average molecular weight is 618 g/mol. The predicted octanol–water partition coefficient (Wildman–Crippen LogP) is 4.97. The number of hydrogen-bond donors (Lipinski definition) is 2. The quantitative estimate of drug-likeness (QED) is 0.348. The largest absolute Gasteiger partial charge is 0.406 e. The Morgan fingerprint density at radius 1 is 1.02 bits per heavy atom. The number of fused-ring (bicyclic) bond motifs is 1.